The van der Waals surface area contributed by atoms with Gasteiger partial charge in [-0.05, 0) is 39.0 Å². The fraction of sp³-hybridized carbons (Fsp3) is 0.250. The van der Waals surface area contributed by atoms with Crippen molar-refractivity contribution in [1.29, 1.82) is 0 Å². The van der Waals surface area contributed by atoms with Crippen LogP contribution in [0.3, 0.4) is 0 Å². The van der Waals surface area contributed by atoms with Crippen molar-refractivity contribution in [3.8, 4) is 11.5 Å². The maximum absolute atomic E-state index is 13.7. The minimum atomic E-state index is -0.840. The summed E-state index contributed by atoms with van der Waals surface area (Å²) in [5, 5.41) is 13.9. The van der Waals surface area contributed by atoms with Crippen molar-refractivity contribution in [2.75, 3.05) is 5.32 Å². The van der Waals surface area contributed by atoms with Crippen LogP contribution in [0.2, 0.25) is 0 Å². The van der Waals surface area contributed by atoms with E-state index in [4.69, 9.17) is 4.42 Å². The Labute approximate surface area is 141 Å². The Hall–Kier alpha value is -3.10. The molecule has 0 aliphatic heterocycles. The third-order valence-electron chi connectivity index (χ3n) is 3.45. The maximum atomic E-state index is 13.7. The zero-order valence-corrected chi connectivity index (χ0v) is 13.7. The molecular formula is C16H15F2N5O2. The summed E-state index contributed by atoms with van der Waals surface area (Å²) in [6, 6.07) is 4.49. The first-order valence-electron chi connectivity index (χ1n) is 7.51. The molecule has 0 bridgehead atoms. The molecule has 2 aromatic heterocycles. The summed E-state index contributed by atoms with van der Waals surface area (Å²) in [6.45, 7) is 5.73. The SMILES string of the molecule is Cc1cc(C(=O)Nc2nnc(-c3ccc(F)cc3F)o2)nn1C(C)C. The Kier molecular flexibility index (Phi) is 4.30. The van der Waals surface area contributed by atoms with Crippen molar-refractivity contribution >= 4 is 11.9 Å². The molecule has 0 radical (unpaired) electrons. The molecule has 0 saturated heterocycles. The number of rotatable bonds is 4. The van der Waals surface area contributed by atoms with Crippen LogP contribution in [0.4, 0.5) is 14.8 Å². The summed E-state index contributed by atoms with van der Waals surface area (Å²) >= 11 is 0. The van der Waals surface area contributed by atoms with Crippen molar-refractivity contribution in [3.63, 3.8) is 0 Å². The van der Waals surface area contributed by atoms with Crippen LogP contribution in [-0.4, -0.2) is 25.9 Å². The summed E-state index contributed by atoms with van der Waals surface area (Å²) in [4.78, 5) is 12.2. The van der Waals surface area contributed by atoms with Gasteiger partial charge in [0.25, 0.3) is 11.8 Å². The van der Waals surface area contributed by atoms with Crippen molar-refractivity contribution in [3.05, 3.63) is 47.3 Å². The van der Waals surface area contributed by atoms with E-state index in [1.807, 2.05) is 20.8 Å². The van der Waals surface area contributed by atoms with Crippen molar-refractivity contribution in [2.45, 2.75) is 26.8 Å². The van der Waals surface area contributed by atoms with E-state index in [2.05, 4.69) is 20.6 Å². The molecule has 0 fully saturated rings. The molecule has 3 aromatic rings. The highest BCUT2D eigenvalue weighted by atomic mass is 19.1. The fourth-order valence-corrected chi connectivity index (χ4v) is 2.33. The van der Waals surface area contributed by atoms with Gasteiger partial charge >= 0.3 is 6.01 Å². The highest BCUT2D eigenvalue weighted by molar-refractivity contribution is 6.01. The van der Waals surface area contributed by atoms with Crippen molar-refractivity contribution < 1.29 is 18.0 Å². The summed E-state index contributed by atoms with van der Waals surface area (Å²) in [7, 11) is 0. The predicted molar refractivity (Wildman–Crippen MR) is 85.0 cm³/mol. The first kappa shape index (κ1) is 16.7. The number of amides is 1. The highest BCUT2D eigenvalue weighted by Gasteiger charge is 2.18. The van der Waals surface area contributed by atoms with Gasteiger partial charge in [-0.1, -0.05) is 5.10 Å². The van der Waals surface area contributed by atoms with Gasteiger partial charge in [-0.15, -0.1) is 5.10 Å². The standard InChI is InChI=1S/C16H15F2N5O2/c1-8(2)23-9(3)6-13(22-23)14(24)19-16-21-20-15(25-16)11-5-4-10(17)7-12(11)18/h4-8H,1-3H3,(H,19,21,24). The first-order valence-corrected chi connectivity index (χ1v) is 7.51. The van der Waals surface area contributed by atoms with E-state index in [1.165, 1.54) is 6.07 Å². The van der Waals surface area contributed by atoms with Gasteiger partial charge in [0.15, 0.2) is 5.69 Å². The number of halogens is 2. The molecule has 0 aliphatic carbocycles. The van der Waals surface area contributed by atoms with Gasteiger partial charge in [-0.2, -0.15) is 5.10 Å². The molecule has 7 nitrogen and oxygen atoms in total. The summed E-state index contributed by atoms with van der Waals surface area (Å²) in [5.74, 6) is -2.26. The molecule has 25 heavy (non-hydrogen) atoms. The average molecular weight is 347 g/mol. The number of nitrogens with zero attached hydrogens (tertiary/aromatic N) is 4. The molecule has 0 unspecified atom stereocenters. The molecule has 2 heterocycles. The number of anilines is 1. The van der Waals surface area contributed by atoms with E-state index in [0.29, 0.717) is 6.07 Å². The Bertz CT molecular complexity index is 933. The van der Waals surface area contributed by atoms with Gasteiger partial charge in [0.05, 0.1) is 5.56 Å². The van der Waals surface area contributed by atoms with E-state index in [9.17, 15) is 13.6 Å². The van der Waals surface area contributed by atoms with Gasteiger partial charge in [-0.25, -0.2) is 8.78 Å². The lowest BCUT2D eigenvalue weighted by molar-refractivity contribution is 0.101. The van der Waals surface area contributed by atoms with Crippen LogP contribution in [0.25, 0.3) is 11.5 Å². The lowest BCUT2D eigenvalue weighted by Crippen LogP contribution is -2.14. The third kappa shape index (κ3) is 3.39. The number of nitrogens with one attached hydrogen (secondary N) is 1. The Morgan fingerprint density at radius 2 is 2.00 bits per heavy atom. The van der Waals surface area contributed by atoms with Crippen molar-refractivity contribution in [1.82, 2.24) is 20.0 Å². The minimum absolute atomic E-state index is 0.0608. The number of hydrogen-bond donors (Lipinski definition) is 1. The zero-order valence-electron chi connectivity index (χ0n) is 13.7. The van der Waals surface area contributed by atoms with Crippen LogP contribution in [0.1, 0.15) is 36.1 Å². The second-order valence-electron chi connectivity index (χ2n) is 5.70. The van der Waals surface area contributed by atoms with Gasteiger partial charge in [0.1, 0.15) is 11.6 Å². The summed E-state index contributed by atoms with van der Waals surface area (Å²) < 4.78 is 33.6. The molecule has 130 valence electrons. The number of benzene rings is 1. The fourth-order valence-electron chi connectivity index (χ4n) is 2.33. The molecular weight excluding hydrogens is 332 g/mol. The summed E-state index contributed by atoms with van der Waals surface area (Å²) in [5.41, 5.74) is 0.966. The zero-order chi connectivity index (χ0) is 18.1. The van der Waals surface area contributed by atoms with Crippen LogP contribution in [-0.2, 0) is 0 Å². The smallest absolute Gasteiger partial charge is 0.322 e. The van der Waals surface area contributed by atoms with Gasteiger partial charge in [0, 0.05) is 17.8 Å². The maximum Gasteiger partial charge on any atom is 0.322 e. The Morgan fingerprint density at radius 3 is 2.64 bits per heavy atom. The monoisotopic (exact) mass is 347 g/mol. The van der Waals surface area contributed by atoms with Gasteiger partial charge in [0.2, 0.25) is 0 Å². The molecule has 1 N–H and O–H groups in total. The van der Waals surface area contributed by atoms with Crippen molar-refractivity contribution in [2.24, 2.45) is 0 Å². The second-order valence-corrected chi connectivity index (χ2v) is 5.70. The topological polar surface area (TPSA) is 85.8 Å². The molecule has 0 atom stereocenters. The van der Waals surface area contributed by atoms with Crippen LogP contribution in [0.5, 0.6) is 0 Å². The first-order chi connectivity index (χ1) is 11.8. The summed E-state index contributed by atoms with van der Waals surface area (Å²) in [6.07, 6.45) is 0. The Morgan fingerprint density at radius 1 is 1.24 bits per heavy atom. The lowest BCUT2D eigenvalue weighted by atomic mass is 10.2. The molecule has 0 spiro atoms. The normalized spacial score (nSPS) is 11.1. The largest absolute Gasteiger partial charge is 0.403 e. The van der Waals surface area contributed by atoms with Crippen LogP contribution in [0, 0.1) is 18.6 Å². The van der Waals surface area contributed by atoms with Crippen LogP contribution >= 0.6 is 0 Å². The molecule has 1 amide bonds. The quantitative estimate of drug-likeness (QED) is 0.782. The van der Waals surface area contributed by atoms with E-state index in [-0.39, 0.29) is 29.2 Å². The van der Waals surface area contributed by atoms with Gasteiger partial charge < -0.3 is 4.42 Å². The van der Waals surface area contributed by atoms with E-state index in [1.54, 1.807) is 10.7 Å². The van der Waals surface area contributed by atoms with E-state index >= 15 is 0 Å². The number of hydrogen-bond acceptors (Lipinski definition) is 5. The highest BCUT2D eigenvalue weighted by Crippen LogP contribution is 2.23. The number of aryl methyl sites for hydroxylation is 1. The molecule has 3 rings (SSSR count). The van der Waals surface area contributed by atoms with Gasteiger partial charge in [-0.3, -0.25) is 14.8 Å². The third-order valence-corrected chi connectivity index (χ3v) is 3.45. The Balaban J connectivity index is 1.79. The molecule has 0 saturated carbocycles. The average Bonchev–Trinajstić information content (AvgIpc) is 3.14. The van der Waals surface area contributed by atoms with Crippen LogP contribution in [0.15, 0.2) is 28.7 Å². The molecule has 1 aromatic carbocycles. The van der Waals surface area contributed by atoms with E-state index < -0.39 is 17.5 Å². The van der Waals surface area contributed by atoms with E-state index in [0.717, 1.165) is 11.8 Å². The number of carbonyl (C=O) groups excluding carboxylic acids is 1. The number of carbonyl (C=O) groups is 1. The second kappa shape index (κ2) is 6.42. The number of aromatic nitrogens is 4. The van der Waals surface area contributed by atoms with Crippen LogP contribution < -0.4 is 5.32 Å². The molecule has 0 aliphatic rings. The lowest BCUT2D eigenvalue weighted by Gasteiger charge is -2.06. The molecule has 9 heteroatoms. The predicted octanol–water partition coefficient (Wildman–Crippen LogP) is 3.35. The minimum Gasteiger partial charge on any atom is -0.403 e.